The molecule has 0 aliphatic rings. The number of benzene rings is 1. The van der Waals surface area contributed by atoms with E-state index in [1.165, 1.54) is 52.2 Å². The number of halogens is 2. The second-order valence-electron chi connectivity index (χ2n) is 5.22. The predicted octanol–water partition coefficient (Wildman–Crippen LogP) is 2.40. The summed E-state index contributed by atoms with van der Waals surface area (Å²) in [4.78, 5) is 0. The molecule has 0 fully saturated rings. The van der Waals surface area contributed by atoms with Gasteiger partial charge in [-0.25, -0.2) is 13.5 Å². The highest BCUT2D eigenvalue weighted by Crippen LogP contribution is 2.32. The van der Waals surface area contributed by atoms with Gasteiger partial charge in [-0.05, 0) is 31.5 Å². The largest absolute Gasteiger partial charge is 0.279 e. The maximum absolute atomic E-state index is 13.9. The van der Waals surface area contributed by atoms with Crippen LogP contribution in [-0.2, 0) is 10.2 Å². The minimum Gasteiger partial charge on any atom is -0.244 e. The molecular weight excluding hydrogens is 286 g/mol. The standard InChI is InChI=1S/C13H20F2N2O2S/c1-13(2,15)9-12(17(4)20(18,19)16-3)10-5-7-11(14)8-6-10/h5-8,12,16H,9H2,1-4H3. The fourth-order valence-electron chi connectivity index (χ4n) is 1.91. The lowest BCUT2D eigenvalue weighted by atomic mass is 9.95. The Balaban J connectivity index is 3.18. The molecule has 1 rings (SSSR count). The topological polar surface area (TPSA) is 49.4 Å². The van der Waals surface area contributed by atoms with Gasteiger partial charge in [-0.3, -0.25) is 0 Å². The quantitative estimate of drug-likeness (QED) is 0.877. The zero-order chi connectivity index (χ0) is 15.6. The molecule has 0 radical (unpaired) electrons. The van der Waals surface area contributed by atoms with Gasteiger partial charge in [0.2, 0.25) is 0 Å². The fraction of sp³-hybridized carbons (Fsp3) is 0.538. The maximum atomic E-state index is 13.9. The second kappa shape index (κ2) is 6.15. The Labute approximate surface area is 119 Å². The van der Waals surface area contributed by atoms with Gasteiger partial charge in [-0.1, -0.05) is 12.1 Å². The predicted molar refractivity (Wildman–Crippen MR) is 74.7 cm³/mol. The molecule has 1 aromatic rings. The summed E-state index contributed by atoms with van der Waals surface area (Å²) in [7, 11) is -1.05. The third-order valence-corrected chi connectivity index (χ3v) is 4.54. The number of nitrogens with one attached hydrogen (secondary N) is 1. The Morgan fingerprint density at radius 3 is 2.20 bits per heavy atom. The Bertz CT molecular complexity index is 538. The van der Waals surface area contributed by atoms with Crippen LogP contribution in [-0.4, -0.2) is 32.5 Å². The zero-order valence-electron chi connectivity index (χ0n) is 12.0. The third kappa shape index (κ3) is 4.50. The van der Waals surface area contributed by atoms with Crippen molar-refractivity contribution in [1.29, 1.82) is 0 Å². The van der Waals surface area contributed by atoms with Crippen molar-refractivity contribution in [2.45, 2.75) is 32.0 Å². The number of hydrogen-bond acceptors (Lipinski definition) is 2. The monoisotopic (exact) mass is 306 g/mol. The van der Waals surface area contributed by atoms with Crippen LogP contribution in [0.3, 0.4) is 0 Å². The fourth-order valence-corrected chi connectivity index (χ4v) is 2.73. The summed E-state index contributed by atoms with van der Waals surface area (Å²) in [6.07, 6.45) is -0.0317. The highest BCUT2D eigenvalue weighted by Gasteiger charge is 2.32. The van der Waals surface area contributed by atoms with Crippen molar-refractivity contribution in [3.8, 4) is 0 Å². The molecule has 1 N–H and O–H groups in total. The molecule has 0 saturated carbocycles. The van der Waals surface area contributed by atoms with E-state index in [-0.39, 0.29) is 6.42 Å². The summed E-state index contributed by atoms with van der Waals surface area (Å²) in [6, 6.07) is 4.68. The first-order valence-electron chi connectivity index (χ1n) is 6.18. The first kappa shape index (κ1) is 17.0. The molecule has 4 nitrogen and oxygen atoms in total. The molecule has 20 heavy (non-hydrogen) atoms. The molecule has 0 saturated heterocycles. The highest BCUT2D eigenvalue weighted by atomic mass is 32.2. The zero-order valence-corrected chi connectivity index (χ0v) is 12.8. The highest BCUT2D eigenvalue weighted by molar-refractivity contribution is 7.87. The van der Waals surface area contributed by atoms with Crippen LogP contribution in [0, 0.1) is 5.82 Å². The first-order valence-corrected chi connectivity index (χ1v) is 7.62. The smallest absolute Gasteiger partial charge is 0.244 e. The number of alkyl halides is 1. The number of hydrogen-bond donors (Lipinski definition) is 1. The molecule has 1 atom stereocenters. The summed E-state index contributed by atoms with van der Waals surface area (Å²) >= 11 is 0. The van der Waals surface area contributed by atoms with Crippen molar-refractivity contribution in [3.05, 3.63) is 35.6 Å². The molecule has 7 heteroatoms. The number of nitrogens with zero attached hydrogens (tertiary/aromatic N) is 1. The van der Waals surface area contributed by atoms with Crippen LogP contribution in [0.25, 0.3) is 0 Å². The normalized spacial score (nSPS) is 14.6. The van der Waals surface area contributed by atoms with Crippen molar-refractivity contribution >= 4 is 10.2 Å². The van der Waals surface area contributed by atoms with Crippen molar-refractivity contribution in [3.63, 3.8) is 0 Å². The second-order valence-corrected chi connectivity index (χ2v) is 7.15. The van der Waals surface area contributed by atoms with Crippen LogP contribution in [0.1, 0.15) is 31.9 Å². The lowest BCUT2D eigenvalue weighted by Gasteiger charge is -2.30. The summed E-state index contributed by atoms with van der Waals surface area (Å²) in [5.41, 5.74) is -1.02. The first-order chi connectivity index (χ1) is 9.07. The molecule has 1 unspecified atom stereocenters. The van der Waals surface area contributed by atoms with E-state index in [0.29, 0.717) is 5.56 Å². The van der Waals surface area contributed by atoms with Gasteiger partial charge in [-0.2, -0.15) is 12.7 Å². The summed E-state index contributed by atoms with van der Waals surface area (Å²) in [6.45, 7) is 2.76. The van der Waals surface area contributed by atoms with Gasteiger partial charge in [0, 0.05) is 20.5 Å². The van der Waals surface area contributed by atoms with Gasteiger partial charge in [0.05, 0.1) is 6.04 Å². The van der Waals surface area contributed by atoms with Gasteiger partial charge in [0.1, 0.15) is 11.5 Å². The summed E-state index contributed by atoms with van der Waals surface area (Å²) in [5.74, 6) is -0.425. The molecule has 0 aliphatic heterocycles. The van der Waals surface area contributed by atoms with Gasteiger partial charge < -0.3 is 0 Å². The van der Waals surface area contributed by atoms with Crippen molar-refractivity contribution in [1.82, 2.24) is 9.03 Å². The van der Waals surface area contributed by atoms with Gasteiger partial charge >= 0.3 is 0 Å². The summed E-state index contributed by atoms with van der Waals surface area (Å²) in [5, 5.41) is 0. The molecule has 0 aliphatic carbocycles. The third-order valence-electron chi connectivity index (χ3n) is 3.01. The van der Waals surface area contributed by atoms with Gasteiger partial charge in [0.15, 0.2) is 0 Å². The van der Waals surface area contributed by atoms with Gasteiger partial charge in [0.25, 0.3) is 10.2 Å². The molecule has 0 aromatic heterocycles. The molecule has 0 amide bonds. The van der Waals surface area contributed by atoms with Crippen molar-refractivity contribution < 1.29 is 17.2 Å². The van der Waals surface area contributed by atoms with Crippen molar-refractivity contribution in [2.75, 3.05) is 14.1 Å². The van der Waals surface area contributed by atoms with Crippen LogP contribution < -0.4 is 4.72 Å². The molecule has 0 heterocycles. The van der Waals surface area contributed by atoms with Crippen molar-refractivity contribution in [2.24, 2.45) is 0 Å². The van der Waals surface area contributed by atoms with Crippen LogP contribution in [0.15, 0.2) is 24.3 Å². The molecule has 114 valence electrons. The molecule has 0 spiro atoms. The Kier molecular flexibility index (Phi) is 5.23. The van der Waals surface area contributed by atoms with Gasteiger partial charge in [-0.15, -0.1) is 0 Å². The minimum atomic E-state index is -3.71. The van der Waals surface area contributed by atoms with E-state index in [1.54, 1.807) is 0 Å². The Morgan fingerprint density at radius 2 is 1.80 bits per heavy atom. The minimum absolute atomic E-state index is 0.0317. The lowest BCUT2D eigenvalue weighted by molar-refractivity contribution is 0.158. The van der Waals surface area contributed by atoms with Crippen LogP contribution >= 0.6 is 0 Å². The average molecular weight is 306 g/mol. The molecule has 1 aromatic carbocycles. The summed E-state index contributed by atoms with van der Waals surface area (Å²) < 4.78 is 53.9. The van der Waals surface area contributed by atoms with E-state index in [1.807, 2.05) is 0 Å². The lowest BCUT2D eigenvalue weighted by Crippen LogP contribution is -2.40. The average Bonchev–Trinajstić information content (AvgIpc) is 2.35. The maximum Gasteiger partial charge on any atom is 0.279 e. The number of rotatable bonds is 6. The van der Waals surface area contributed by atoms with Crippen LogP contribution in [0.2, 0.25) is 0 Å². The van der Waals surface area contributed by atoms with Crippen LogP contribution in [0.4, 0.5) is 8.78 Å². The van der Waals surface area contributed by atoms with E-state index >= 15 is 0 Å². The van der Waals surface area contributed by atoms with E-state index in [2.05, 4.69) is 4.72 Å². The Morgan fingerprint density at radius 1 is 1.30 bits per heavy atom. The SMILES string of the molecule is CNS(=O)(=O)N(C)C(CC(C)(C)F)c1ccc(F)cc1. The van der Waals surface area contributed by atoms with E-state index in [0.717, 1.165) is 4.31 Å². The van der Waals surface area contributed by atoms with Crippen LogP contribution in [0.5, 0.6) is 0 Å². The van der Waals surface area contributed by atoms with E-state index in [9.17, 15) is 17.2 Å². The Hall–Kier alpha value is -1.05. The molecular formula is C13H20F2N2O2S. The van der Waals surface area contributed by atoms with E-state index < -0.39 is 27.7 Å². The van der Waals surface area contributed by atoms with E-state index in [4.69, 9.17) is 0 Å². The molecule has 0 bridgehead atoms.